The molecule has 0 aliphatic carbocycles. The average molecular weight is 450 g/mol. The number of rotatable bonds is 7. The van der Waals surface area contributed by atoms with E-state index in [0.29, 0.717) is 13.1 Å². The first kappa shape index (κ1) is 20.0. The lowest BCUT2D eigenvalue weighted by Crippen LogP contribution is -2.33. The fourth-order valence-electron chi connectivity index (χ4n) is 3.20. The smallest absolute Gasteiger partial charge is 0.227 e. The van der Waals surface area contributed by atoms with Gasteiger partial charge in [-0.1, -0.05) is 15.9 Å². The number of aryl methyl sites for hydroxylation is 3. The van der Waals surface area contributed by atoms with Gasteiger partial charge >= 0.3 is 0 Å². The molecule has 0 spiro atoms. The molecule has 2 amide bonds. The minimum Gasteiger partial charge on any atom is -0.356 e. The molecule has 1 atom stereocenters. The first-order valence-electron chi connectivity index (χ1n) is 9.19. The van der Waals surface area contributed by atoms with Crippen LogP contribution < -0.4 is 10.2 Å². The van der Waals surface area contributed by atoms with Crippen LogP contribution in [0.2, 0.25) is 0 Å². The van der Waals surface area contributed by atoms with Crippen molar-refractivity contribution < 1.29 is 9.59 Å². The van der Waals surface area contributed by atoms with Crippen LogP contribution in [0, 0.1) is 19.8 Å². The summed E-state index contributed by atoms with van der Waals surface area (Å²) in [6.45, 7) is 5.09. The van der Waals surface area contributed by atoms with Crippen LogP contribution in [-0.4, -0.2) is 29.9 Å². The van der Waals surface area contributed by atoms with E-state index in [1.807, 2.05) is 32.0 Å². The number of nitrogens with one attached hydrogen (secondary N) is 1. The van der Waals surface area contributed by atoms with Crippen LogP contribution >= 0.6 is 27.3 Å². The van der Waals surface area contributed by atoms with Gasteiger partial charge in [0.05, 0.1) is 10.9 Å². The van der Waals surface area contributed by atoms with Crippen molar-refractivity contribution in [2.24, 2.45) is 5.92 Å². The quantitative estimate of drug-likeness (QED) is 0.649. The van der Waals surface area contributed by atoms with Crippen molar-refractivity contribution in [3.8, 4) is 0 Å². The van der Waals surface area contributed by atoms with Crippen LogP contribution in [0.3, 0.4) is 0 Å². The van der Waals surface area contributed by atoms with Crippen LogP contribution in [0.15, 0.2) is 28.1 Å². The first-order chi connectivity index (χ1) is 12.9. The molecule has 1 fully saturated rings. The van der Waals surface area contributed by atoms with Crippen molar-refractivity contribution in [1.82, 2.24) is 10.3 Å². The summed E-state index contributed by atoms with van der Waals surface area (Å²) in [6, 6.07) is 5.83. The van der Waals surface area contributed by atoms with Gasteiger partial charge in [0.25, 0.3) is 0 Å². The molecule has 2 heterocycles. The molecule has 144 valence electrons. The number of benzene rings is 1. The van der Waals surface area contributed by atoms with Gasteiger partial charge in [-0.15, -0.1) is 11.3 Å². The number of unbranched alkanes of at least 4 members (excludes halogenated alkanes) is 1. The molecule has 7 heteroatoms. The van der Waals surface area contributed by atoms with E-state index in [9.17, 15) is 9.59 Å². The highest BCUT2D eigenvalue weighted by atomic mass is 79.9. The molecule has 1 aliphatic heterocycles. The van der Waals surface area contributed by atoms with Crippen molar-refractivity contribution >= 4 is 44.8 Å². The summed E-state index contributed by atoms with van der Waals surface area (Å²) in [5.74, 6) is -0.288. The lowest BCUT2D eigenvalue weighted by atomic mass is 10.1. The number of carbonyl (C=O) groups is 2. The molecule has 1 N–H and O–H groups in total. The number of nitrogens with zero attached hydrogens (tertiary/aromatic N) is 2. The van der Waals surface area contributed by atoms with Crippen molar-refractivity contribution in [2.75, 3.05) is 18.0 Å². The predicted molar refractivity (Wildman–Crippen MR) is 112 cm³/mol. The van der Waals surface area contributed by atoms with Crippen LogP contribution in [0.25, 0.3) is 0 Å². The summed E-state index contributed by atoms with van der Waals surface area (Å²) < 4.78 is 1.01. The molecule has 0 saturated carbocycles. The zero-order valence-corrected chi connectivity index (χ0v) is 18.0. The molecular weight excluding hydrogens is 426 g/mol. The van der Waals surface area contributed by atoms with Crippen molar-refractivity contribution in [2.45, 2.75) is 39.5 Å². The molecule has 1 aromatic carbocycles. The van der Waals surface area contributed by atoms with Gasteiger partial charge in [-0.25, -0.2) is 4.98 Å². The monoisotopic (exact) mass is 449 g/mol. The molecule has 2 aromatic rings. The van der Waals surface area contributed by atoms with Gasteiger partial charge in [-0.05, 0) is 56.9 Å². The normalized spacial score (nSPS) is 16.8. The van der Waals surface area contributed by atoms with Gasteiger partial charge in [-0.3, -0.25) is 9.59 Å². The number of aromatic nitrogens is 1. The number of halogens is 1. The fraction of sp³-hybridized carbons (Fsp3) is 0.450. The molecular formula is C20H24BrN3O2S. The maximum atomic E-state index is 12.4. The fourth-order valence-corrected chi connectivity index (χ4v) is 4.27. The number of amides is 2. The van der Waals surface area contributed by atoms with E-state index in [1.54, 1.807) is 16.2 Å². The highest BCUT2D eigenvalue weighted by Crippen LogP contribution is 2.28. The van der Waals surface area contributed by atoms with Gasteiger partial charge in [0.1, 0.15) is 0 Å². The minimum atomic E-state index is -0.275. The van der Waals surface area contributed by atoms with E-state index in [4.69, 9.17) is 0 Å². The Kier molecular flexibility index (Phi) is 6.65. The SMILES string of the molecule is Cc1csc(CCCCNC(=O)C2CC(=O)N(c3ccc(Br)c(C)c3)C2)n1. The second-order valence-electron chi connectivity index (χ2n) is 6.97. The topological polar surface area (TPSA) is 62.3 Å². The molecule has 1 saturated heterocycles. The standard InChI is InChI=1S/C20H24BrN3O2S/c1-13-9-16(6-7-17(13)21)24-11-15(10-19(24)25)20(26)22-8-4-3-5-18-23-14(2)12-27-18/h6-7,9,12,15H,3-5,8,10-11H2,1-2H3,(H,22,26). The summed E-state index contributed by atoms with van der Waals surface area (Å²) in [6.07, 6.45) is 3.15. The van der Waals surface area contributed by atoms with Gasteiger partial charge < -0.3 is 10.2 Å². The third kappa shape index (κ3) is 5.17. The van der Waals surface area contributed by atoms with E-state index in [0.717, 1.165) is 45.7 Å². The number of carbonyl (C=O) groups excluding carboxylic acids is 2. The molecule has 0 bridgehead atoms. The summed E-state index contributed by atoms with van der Waals surface area (Å²) >= 11 is 5.16. The lowest BCUT2D eigenvalue weighted by Gasteiger charge is -2.17. The molecule has 5 nitrogen and oxygen atoms in total. The molecule has 3 rings (SSSR count). The lowest BCUT2D eigenvalue weighted by molar-refractivity contribution is -0.126. The van der Waals surface area contributed by atoms with E-state index in [1.165, 1.54) is 0 Å². The zero-order valence-electron chi connectivity index (χ0n) is 15.6. The van der Waals surface area contributed by atoms with Crippen LogP contribution in [0.5, 0.6) is 0 Å². The highest BCUT2D eigenvalue weighted by molar-refractivity contribution is 9.10. The molecule has 1 aromatic heterocycles. The third-order valence-corrected chi connectivity index (χ3v) is 6.65. The van der Waals surface area contributed by atoms with Crippen LogP contribution in [0.4, 0.5) is 5.69 Å². The summed E-state index contributed by atoms with van der Waals surface area (Å²) in [4.78, 5) is 30.9. The van der Waals surface area contributed by atoms with E-state index >= 15 is 0 Å². The predicted octanol–water partition coefficient (Wildman–Crippen LogP) is 4.01. The van der Waals surface area contributed by atoms with Crippen LogP contribution in [0.1, 0.15) is 35.5 Å². The Morgan fingerprint density at radius 2 is 2.19 bits per heavy atom. The summed E-state index contributed by atoms with van der Waals surface area (Å²) in [7, 11) is 0. The maximum Gasteiger partial charge on any atom is 0.227 e. The first-order valence-corrected chi connectivity index (χ1v) is 10.9. The summed E-state index contributed by atoms with van der Waals surface area (Å²) in [5.41, 5.74) is 3.00. The average Bonchev–Trinajstić information content (AvgIpc) is 3.22. The van der Waals surface area contributed by atoms with Crippen molar-refractivity contribution in [1.29, 1.82) is 0 Å². The van der Waals surface area contributed by atoms with Gasteiger partial charge in [0.15, 0.2) is 0 Å². The number of hydrogen-bond donors (Lipinski definition) is 1. The van der Waals surface area contributed by atoms with Gasteiger partial charge in [-0.2, -0.15) is 0 Å². The number of thiazole rings is 1. The third-order valence-electron chi connectivity index (χ3n) is 4.73. The largest absolute Gasteiger partial charge is 0.356 e. The van der Waals surface area contributed by atoms with E-state index in [-0.39, 0.29) is 24.2 Å². The van der Waals surface area contributed by atoms with Gasteiger partial charge in [0, 0.05) is 40.7 Å². The number of anilines is 1. The van der Waals surface area contributed by atoms with E-state index < -0.39 is 0 Å². The van der Waals surface area contributed by atoms with Crippen LogP contribution in [-0.2, 0) is 16.0 Å². The summed E-state index contributed by atoms with van der Waals surface area (Å²) in [5, 5.41) is 6.20. The Balaban J connectivity index is 1.44. The molecule has 1 aliphatic rings. The Hall–Kier alpha value is -1.73. The Labute approximate surface area is 172 Å². The second kappa shape index (κ2) is 8.97. The van der Waals surface area contributed by atoms with Gasteiger partial charge in [0.2, 0.25) is 11.8 Å². The molecule has 0 radical (unpaired) electrons. The van der Waals surface area contributed by atoms with E-state index in [2.05, 4.69) is 31.6 Å². The zero-order chi connectivity index (χ0) is 19.4. The Bertz CT molecular complexity index is 836. The second-order valence-corrected chi connectivity index (χ2v) is 8.77. The molecule has 1 unspecified atom stereocenters. The highest BCUT2D eigenvalue weighted by Gasteiger charge is 2.35. The maximum absolute atomic E-state index is 12.4. The molecule has 27 heavy (non-hydrogen) atoms. The number of hydrogen-bond acceptors (Lipinski definition) is 4. The minimum absolute atomic E-state index is 0.0102. The van der Waals surface area contributed by atoms with Crippen molar-refractivity contribution in [3.05, 3.63) is 44.3 Å². The Morgan fingerprint density at radius 1 is 1.37 bits per heavy atom. The Morgan fingerprint density at radius 3 is 2.89 bits per heavy atom. The van der Waals surface area contributed by atoms with Crippen molar-refractivity contribution in [3.63, 3.8) is 0 Å².